The molecule has 1 aliphatic heterocycles. The zero-order valence-electron chi connectivity index (χ0n) is 11.1. The lowest BCUT2D eigenvalue weighted by molar-refractivity contribution is -0.137. The maximum Gasteiger partial charge on any atom is 0.416 e. The van der Waals surface area contributed by atoms with Crippen molar-refractivity contribution < 1.29 is 13.2 Å². The zero-order chi connectivity index (χ0) is 14.3. The Kier molecular flexibility index (Phi) is 3.07. The van der Waals surface area contributed by atoms with Gasteiger partial charge in [-0.3, -0.25) is 4.98 Å². The number of rotatable bonds is 1. The van der Waals surface area contributed by atoms with Gasteiger partial charge in [0.25, 0.3) is 0 Å². The zero-order valence-corrected chi connectivity index (χ0v) is 11.1. The fourth-order valence-electron chi connectivity index (χ4n) is 2.74. The van der Waals surface area contributed by atoms with Crippen LogP contribution in [-0.4, -0.2) is 18.1 Å². The third kappa shape index (κ3) is 2.32. The Balaban J connectivity index is 2.07. The Labute approximate surface area is 115 Å². The van der Waals surface area contributed by atoms with Crippen molar-refractivity contribution in [2.24, 2.45) is 5.92 Å². The van der Waals surface area contributed by atoms with Crippen LogP contribution < -0.4 is 4.90 Å². The Hall–Kier alpha value is -1.78. The first-order chi connectivity index (χ1) is 9.45. The molecule has 0 radical (unpaired) electrons. The van der Waals surface area contributed by atoms with Gasteiger partial charge < -0.3 is 4.90 Å². The highest BCUT2D eigenvalue weighted by Gasteiger charge is 2.31. The second kappa shape index (κ2) is 4.65. The van der Waals surface area contributed by atoms with Crippen LogP contribution in [0.5, 0.6) is 0 Å². The van der Waals surface area contributed by atoms with Gasteiger partial charge in [-0.2, -0.15) is 13.2 Å². The molecule has 1 aromatic heterocycles. The highest BCUT2D eigenvalue weighted by molar-refractivity contribution is 5.92. The third-order valence-corrected chi connectivity index (χ3v) is 3.81. The molecule has 1 atom stereocenters. The van der Waals surface area contributed by atoms with Crippen molar-refractivity contribution in [3.8, 4) is 0 Å². The number of hydrogen-bond donors (Lipinski definition) is 0. The predicted octanol–water partition coefficient (Wildman–Crippen LogP) is 4.10. The van der Waals surface area contributed by atoms with Gasteiger partial charge in [0.1, 0.15) is 0 Å². The lowest BCUT2D eigenvalue weighted by Gasteiger charge is -2.20. The minimum absolute atomic E-state index is 0.400. The van der Waals surface area contributed by atoms with E-state index in [1.807, 2.05) is 6.07 Å². The molecule has 1 saturated heterocycles. The standard InChI is InChI=1S/C15H15F3N2/c1-10-5-7-20(9-10)14-4-6-19-13-8-11(15(16,17)18)2-3-12(13)14/h2-4,6,8,10H,5,7,9H2,1H3. The molecule has 1 aromatic carbocycles. The number of anilines is 1. The van der Waals surface area contributed by atoms with E-state index in [0.717, 1.165) is 42.7 Å². The SMILES string of the molecule is CC1CCN(c2ccnc3cc(C(F)(F)F)ccc23)C1. The molecular weight excluding hydrogens is 265 g/mol. The van der Waals surface area contributed by atoms with Crippen molar-refractivity contribution in [2.75, 3.05) is 18.0 Å². The molecule has 2 aromatic rings. The summed E-state index contributed by atoms with van der Waals surface area (Å²) in [6.45, 7) is 4.08. The summed E-state index contributed by atoms with van der Waals surface area (Å²) in [6.07, 6.45) is -1.63. The van der Waals surface area contributed by atoms with E-state index in [4.69, 9.17) is 0 Å². The van der Waals surface area contributed by atoms with E-state index in [1.165, 1.54) is 6.07 Å². The van der Waals surface area contributed by atoms with Crippen LogP contribution in [0.1, 0.15) is 18.9 Å². The predicted molar refractivity (Wildman–Crippen MR) is 72.7 cm³/mol. The molecule has 0 amide bonds. The summed E-state index contributed by atoms with van der Waals surface area (Å²) in [5.74, 6) is 0.618. The van der Waals surface area contributed by atoms with Gasteiger partial charge in [-0.15, -0.1) is 0 Å². The molecule has 1 fully saturated rings. The molecule has 1 aliphatic rings. The van der Waals surface area contributed by atoms with Crippen LogP contribution >= 0.6 is 0 Å². The van der Waals surface area contributed by atoms with Gasteiger partial charge in [-0.05, 0) is 30.5 Å². The van der Waals surface area contributed by atoms with Crippen LogP contribution in [0, 0.1) is 5.92 Å². The number of halogens is 3. The molecule has 1 unspecified atom stereocenters. The summed E-state index contributed by atoms with van der Waals surface area (Å²) in [5, 5.41) is 0.787. The molecule has 2 nitrogen and oxygen atoms in total. The van der Waals surface area contributed by atoms with E-state index in [2.05, 4.69) is 16.8 Å². The fraction of sp³-hybridized carbons (Fsp3) is 0.400. The second-order valence-corrected chi connectivity index (χ2v) is 5.40. The summed E-state index contributed by atoms with van der Waals surface area (Å²) in [7, 11) is 0. The van der Waals surface area contributed by atoms with Gasteiger partial charge >= 0.3 is 6.18 Å². The number of alkyl halides is 3. The first kappa shape index (κ1) is 13.2. The van der Waals surface area contributed by atoms with E-state index in [0.29, 0.717) is 11.4 Å². The molecule has 20 heavy (non-hydrogen) atoms. The van der Waals surface area contributed by atoms with Crippen molar-refractivity contribution in [2.45, 2.75) is 19.5 Å². The largest absolute Gasteiger partial charge is 0.416 e. The first-order valence-corrected chi connectivity index (χ1v) is 6.66. The number of pyridine rings is 1. The van der Waals surface area contributed by atoms with Crippen molar-refractivity contribution in [1.82, 2.24) is 4.98 Å². The van der Waals surface area contributed by atoms with Gasteiger partial charge in [0, 0.05) is 30.4 Å². The molecule has 0 N–H and O–H groups in total. The molecule has 5 heteroatoms. The van der Waals surface area contributed by atoms with Gasteiger partial charge in [-0.1, -0.05) is 13.0 Å². The number of aromatic nitrogens is 1. The molecular formula is C15H15F3N2. The number of hydrogen-bond acceptors (Lipinski definition) is 2. The van der Waals surface area contributed by atoms with Crippen LogP contribution in [-0.2, 0) is 6.18 Å². The van der Waals surface area contributed by atoms with Crippen molar-refractivity contribution in [3.05, 3.63) is 36.0 Å². The lowest BCUT2D eigenvalue weighted by Crippen LogP contribution is -2.19. The normalized spacial score (nSPS) is 19.8. The Morgan fingerprint density at radius 2 is 2.05 bits per heavy atom. The third-order valence-electron chi connectivity index (χ3n) is 3.81. The Bertz CT molecular complexity index is 637. The number of nitrogens with zero attached hydrogens (tertiary/aromatic N) is 2. The van der Waals surface area contributed by atoms with Crippen LogP contribution in [0.15, 0.2) is 30.5 Å². The highest BCUT2D eigenvalue weighted by Crippen LogP contribution is 2.34. The van der Waals surface area contributed by atoms with Gasteiger partial charge in [0.2, 0.25) is 0 Å². The molecule has 0 spiro atoms. The number of fused-ring (bicyclic) bond motifs is 1. The lowest BCUT2D eigenvalue weighted by atomic mass is 10.1. The Morgan fingerprint density at radius 3 is 2.70 bits per heavy atom. The van der Waals surface area contributed by atoms with Crippen molar-refractivity contribution in [3.63, 3.8) is 0 Å². The van der Waals surface area contributed by atoms with Crippen LogP contribution in [0.25, 0.3) is 10.9 Å². The van der Waals surface area contributed by atoms with Gasteiger partial charge in [0.15, 0.2) is 0 Å². The summed E-state index contributed by atoms with van der Waals surface area (Å²) in [6, 6.07) is 5.67. The maximum absolute atomic E-state index is 12.7. The maximum atomic E-state index is 12.7. The topological polar surface area (TPSA) is 16.1 Å². The van der Waals surface area contributed by atoms with Gasteiger partial charge in [0.05, 0.1) is 11.1 Å². The fourth-order valence-corrected chi connectivity index (χ4v) is 2.74. The number of benzene rings is 1. The van der Waals surface area contributed by atoms with Crippen LogP contribution in [0.2, 0.25) is 0 Å². The Morgan fingerprint density at radius 1 is 1.25 bits per heavy atom. The van der Waals surface area contributed by atoms with E-state index in [9.17, 15) is 13.2 Å². The summed E-state index contributed by atoms with van der Waals surface area (Å²) in [4.78, 5) is 6.30. The van der Waals surface area contributed by atoms with Crippen LogP contribution in [0.4, 0.5) is 18.9 Å². The quantitative estimate of drug-likeness (QED) is 0.781. The van der Waals surface area contributed by atoms with Crippen LogP contribution in [0.3, 0.4) is 0 Å². The monoisotopic (exact) mass is 280 g/mol. The van der Waals surface area contributed by atoms with Gasteiger partial charge in [-0.25, -0.2) is 0 Å². The average molecular weight is 280 g/mol. The smallest absolute Gasteiger partial charge is 0.371 e. The van der Waals surface area contributed by atoms with E-state index < -0.39 is 11.7 Å². The molecule has 0 saturated carbocycles. The summed E-state index contributed by atoms with van der Waals surface area (Å²) < 4.78 is 38.2. The minimum Gasteiger partial charge on any atom is -0.371 e. The van der Waals surface area contributed by atoms with Crippen molar-refractivity contribution >= 4 is 16.6 Å². The minimum atomic E-state index is -4.33. The molecule has 3 rings (SSSR count). The first-order valence-electron chi connectivity index (χ1n) is 6.66. The molecule has 2 heterocycles. The summed E-state index contributed by atoms with van der Waals surface area (Å²) in [5.41, 5.74) is 0.731. The molecule has 106 valence electrons. The van der Waals surface area contributed by atoms with E-state index >= 15 is 0 Å². The highest BCUT2D eigenvalue weighted by atomic mass is 19.4. The average Bonchev–Trinajstić information content (AvgIpc) is 2.83. The second-order valence-electron chi connectivity index (χ2n) is 5.40. The van der Waals surface area contributed by atoms with E-state index in [1.54, 1.807) is 6.20 Å². The molecule has 0 aliphatic carbocycles. The van der Waals surface area contributed by atoms with Crippen molar-refractivity contribution in [1.29, 1.82) is 0 Å². The van der Waals surface area contributed by atoms with E-state index in [-0.39, 0.29) is 0 Å². The summed E-state index contributed by atoms with van der Waals surface area (Å²) >= 11 is 0. The molecule has 0 bridgehead atoms.